The Hall–Kier alpha value is -0.910. The highest BCUT2D eigenvalue weighted by Gasteiger charge is 2.18. The van der Waals surface area contributed by atoms with Crippen LogP contribution < -0.4 is 10.5 Å². The van der Waals surface area contributed by atoms with Crippen molar-refractivity contribution in [2.45, 2.75) is 25.5 Å². The number of hydrogen-bond acceptors (Lipinski definition) is 4. The van der Waals surface area contributed by atoms with Crippen molar-refractivity contribution in [3.05, 3.63) is 29.8 Å². The van der Waals surface area contributed by atoms with E-state index in [1.165, 1.54) is 0 Å². The predicted molar refractivity (Wildman–Crippen MR) is 76.7 cm³/mol. The van der Waals surface area contributed by atoms with E-state index in [-0.39, 0.29) is 6.10 Å². The lowest BCUT2D eigenvalue weighted by Gasteiger charge is -2.10. The molecule has 19 heavy (non-hydrogen) atoms. The van der Waals surface area contributed by atoms with Crippen LogP contribution >= 0.6 is 0 Å². The molecule has 0 aromatic heterocycles. The molecular weight excluding hydrogens is 262 g/mol. The summed E-state index contributed by atoms with van der Waals surface area (Å²) in [6, 6.07) is 7.67. The predicted octanol–water partition coefficient (Wildman–Crippen LogP) is 1.45. The summed E-state index contributed by atoms with van der Waals surface area (Å²) in [7, 11) is -0.860. The van der Waals surface area contributed by atoms with Gasteiger partial charge in [-0.3, -0.25) is 4.21 Å². The molecule has 2 unspecified atom stereocenters. The van der Waals surface area contributed by atoms with Crippen LogP contribution in [-0.2, 0) is 22.1 Å². The Balaban J connectivity index is 1.65. The van der Waals surface area contributed by atoms with Gasteiger partial charge in [-0.15, -0.1) is 0 Å². The molecule has 5 heteroatoms. The Morgan fingerprint density at radius 2 is 2.16 bits per heavy atom. The molecule has 1 aliphatic rings. The Morgan fingerprint density at radius 1 is 1.37 bits per heavy atom. The largest absolute Gasteiger partial charge is 0.493 e. The molecule has 0 saturated carbocycles. The van der Waals surface area contributed by atoms with E-state index in [9.17, 15) is 4.21 Å². The normalized spacial score (nSPS) is 20.4. The molecule has 2 rings (SSSR count). The maximum Gasteiger partial charge on any atom is 0.119 e. The monoisotopic (exact) mass is 283 g/mol. The summed E-state index contributed by atoms with van der Waals surface area (Å²) in [5.41, 5.74) is 6.60. The molecule has 0 bridgehead atoms. The first-order chi connectivity index (χ1) is 9.28. The van der Waals surface area contributed by atoms with Gasteiger partial charge in [0.2, 0.25) is 0 Å². The van der Waals surface area contributed by atoms with Crippen LogP contribution in [0.4, 0.5) is 0 Å². The van der Waals surface area contributed by atoms with Gasteiger partial charge in [0.25, 0.3) is 0 Å². The first kappa shape index (κ1) is 14.5. The second kappa shape index (κ2) is 7.62. The van der Waals surface area contributed by atoms with Crippen LogP contribution in [0.1, 0.15) is 18.4 Å². The Kier molecular flexibility index (Phi) is 5.82. The van der Waals surface area contributed by atoms with E-state index in [1.54, 1.807) is 0 Å². The van der Waals surface area contributed by atoms with E-state index in [4.69, 9.17) is 15.2 Å². The molecule has 2 atom stereocenters. The minimum absolute atomic E-state index is 0.185. The van der Waals surface area contributed by atoms with Crippen LogP contribution in [0.3, 0.4) is 0 Å². The number of nitrogens with two attached hydrogens (primary N) is 1. The minimum atomic E-state index is -0.860. The molecule has 2 N–H and O–H groups in total. The van der Waals surface area contributed by atoms with Gasteiger partial charge in [0.15, 0.2) is 0 Å². The van der Waals surface area contributed by atoms with Crippen LogP contribution in [0, 0.1) is 0 Å². The smallest absolute Gasteiger partial charge is 0.119 e. The number of rotatable bonds is 7. The summed E-state index contributed by atoms with van der Waals surface area (Å²) in [4.78, 5) is 0. The van der Waals surface area contributed by atoms with Gasteiger partial charge in [-0.2, -0.15) is 0 Å². The minimum Gasteiger partial charge on any atom is -0.493 e. The molecule has 106 valence electrons. The molecule has 0 radical (unpaired) electrons. The molecule has 4 nitrogen and oxygen atoms in total. The fraction of sp³-hybridized carbons (Fsp3) is 0.571. The molecule has 1 fully saturated rings. The Bertz CT molecular complexity index is 402. The molecule has 1 aromatic rings. The SMILES string of the molecule is NCc1ccc(OCCS(=O)CC2CCCO2)cc1. The lowest BCUT2D eigenvalue weighted by Crippen LogP contribution is -2.20. The molecule has 0 amide bonds. The van der Waals surface area contributed by atoms with Crippen molar-refractivity contribution in [1.29, 1.82) is 0 Å². The Morgan fingerprint density at radius 3 is 2.79 bits per heavy atom. The maximum atomic E-state index is 11.8. The van der Waals surface area contributed by atoms with E-state index < -0.39 is 10.8 Å². The van der Waals surface area contributed by atoms with Gasteiger partial charge in [-0.25, -0.2) is 0 Å². The molecular formula is C14H21NO3S. The average molecular weight is 283 g/mol. The molecule has 1 aromatic carbocycles. The van der Waals surface area contributed by atoms with Gasteiger partial charge in [0.05, 0.1) is 18.5 Å². The zero-order valence-corrected chi connectivity index (χ0v) is 11.9. The van der Waals surface area contributed by atoms with Gasteiger partial charge in [0.1, 0.15) is 5.75 Å². The number of benzene rings is 1. The van der Waals surface area contributed by atoms with Crippen LogP contribution in [-0.4, -0.2) is 35.0 Å². The molecule has 0 spiro atoms. The highest BCUT2D eigenvalue weighted by molar-refractivity contribution is 7.85. The van der Waals surface area contributed by atoms with Gasteiger partial charge in [-0.1, -0.05) is 12.1 Å². The van der Waals surface area contributed by atoms with E-state index >= 15 is 0 Å². The third-order valence-corrected chi connectivity index (χ3v) is 4.50. The first-order valence-corrected chi connectivity index (χ1v) is 8.15. The third-order valence-electron chi connectivity index (χ3n) is 3.13. The van der Waals surface area contributed by atoms with Gasteiger partial charge in [0, 0.05) is 29.7 Å². The summed E-state index contributed by atoms with van der Waals surface area (Å²) in [5, 5.41) is 0. The summed E-state index contributed by atoms with van der Waals surface area (Å²) >= 11 is 0. The lowest BCUT2D eigenvalue weighted by atomic mass is 10.2. The standard InChI is InChI=1S/C14H21NO3S/c15-10-12-3-5-13(6-4-12)18-8-9-19(16)11-14-2-1-7-17-14/h3-6,14H,1-2,7-11,15H2. The lowest BCUT2D eigenvalue weighted by molar-refractivity contribution is 0.128. The Labute approximate surface area is 116 Å². The second-order valence-electron chi connectivity index (χ2n) is 4.64. The molecule has 1 saturated heterocycles. The molecule has 1 heterocycles. The van der Waals surface area contributed by atoms with Crippen molar-refractivity contribution in [3.63, 3.8) is 0 Å². The van der Waals surface area contributed by atoms with Crippen molar-refractivity contribution in [2.75, 3.05) is 24.7 Å². The summed E-state index contributed by atoms with van der Waals surface area (Å²) in [6.07, 6.45) is 2.31. The first-order valence-electron chi connectivity index (χ1n) is 6.66. The van der Waals surface area contributed by atoms with Crippen LogP contribution in [0.25, 0.3) is 0 Å². The van der Waals surface area contributed by atoms with E-state index in [2.05, 4.69) is 0 Å². The van der Waals surface area contributed by atoms with E-state index in [1.807, 2.05) is 24.3 Å². The fourth-order valence-corrected chi connectivity index (χ4v) is 3.15. The zero-order valence-electron chi connectivity index (χ0n) is 11.0. The number of hydrogen-bond donors (Lipinski definition) is 1. The van der Waals surface area contributed by atoms with E-state index in [0.717, 1.165) is 30.8 Å². The zero-order chi connectivity index (χ0) is 13.5. The van der Waals surface area contributed by atoms with Crippen molar-refractivity contribution in [1.82, 2.24) is 0 Å². The van der Waals surface area contributed by atoms with Crippen LogP contribution in [0.5, 0.6) is 5.75 Å². The fourth-order valence-electron chi connectivity index (χ4n) is 2.04. The van der Waals surface area contributed by atoms with Crippen molar-refractivity contribution in [3.8, 4) is 5.75 Å². The third kappa shape index (κ3) is 4.93. The second-order valence-corrected chi connectivity index (χ2v) is 6.26. The topological polar surface area (TPSA) is 61.5 Å². The highest BCUT2D eigenvalue weighted by Crippen LogP contribution is 2.14. The summed E-state index contributed by atoms with van der Waals surface area (Å²) < 4.78 is 22.9. The average Bonchev–Trinajstić information content (AvgIpc) is 2.92. The van der Waals surface area contributed by atoms with E-state index in [0.29, 0.717) is 24.7 Å². The number of ether oxygens (including phenoxy) is 2. The summed E-state index contributed by atoms with van der Waals surface area (Å²) in [6.45, 7) is 1.82. The van der Waals surface area contributed by atoms with Crippen LogP contribution in [0.2, 0.25) is 0 Å². The van der Waals surface area contributed by atoms with Gasteiger partial charge in [-0.05, 0) is 30.5 Å². The summed E-state index contributed by atoms with van der Waals surface area (Å²) in [5.74, 6) is 1.99. The van der Waals surface area contributed by atoms with Crippen molar-refractivity contribution in [2.24, 2.45) is 5.73 Å². The van der Waals surface area contributed by atoms with Crippen molar-refractivity contribution >= 4 is 10.8 Å². The van der Waals surface area contributed by atoms with Gasteiger partial charge >= 0.3 is 0 Å². The van der Waals surface area contributed by atoms with Gasteiger partial charge < -0.3 is 15.2 Å². The molecule has 0 aliphatic carbocycles. The maximum absolute atomic E-state index is 11.8. The quantitative estimate of drug-likeness (QED) is 0.823. The molecule has 1 aliphatic heterocycles. The van der Waals surface area contributed by atoms with Crippen LogP contribution in [0.15, 0.2) is 24.3 Å². The highest BCUT2D eigenvalue weighted by atomic mass is 32.2. The van der Waals surface area contributed by atoms with Crippen molar-refractivity contribution < 1.29 is 13.7 Å².